The molecule has 2 aliphatic carbocycles. The number of amides is 1. The Kier molecular flexibility index (Phi) is 6.53. The van der Waals surface area contributed by atoms with Crippen molar-refractivity contribution in [3.8, 4) is 6.07 Å². The molecule has 1 spiro atoms. The summed E-state index contributed by atoms with van der Waals surface area (Å²) < 4.78 is 0. The highest BCUT2D eigenvalue weighted by Crippen LogP contribution is 2.50. The molecule has 5 aliphatic rings. The average molecular weight is 519 g/mol. The fourth-order valence-corrected chi connectivity index (χ4v) is 8.13. The van der Waals surface area contributed by atoms with Gasteiger partial charge in [-0.1, -0.05) is 26.8 Å². The molecule has 0 aromatic carbocycles. The molecular formula is C30H42N6O2. The largest absolute Gasteiger partial charge is 0.392 e. The van der Waals surface area contributed by atoms with E-state index in [1.54, 1.807) is 0 Å². The molecule has 4 atom stereocenters. The number of aromatic nitrogens is 1. The van der Waals surface area contributed by atoms with Gasteiger partial charge in [0, 0.05) is 56.0 Å². The number of fused-ring (bicyclic) bond motifs is 2. The van der Waals surface area contributed by atoms with Gasteiger partial charge in [0.25, 0.3) is 0 Å². The number of nitriles is 1. The minimum atomic E-state index is -0.119. The van der Waals surface area contributed by atoms with Crippen LogP contribution in [0.15, 0.2) is 12.2 Å². The van der Waals surface area contributed by atoms with Crippen molar-refractivity contribution in [3.05, 3.63) is 34.5 Å². The van der Waals surface area contributed by atoms with Crippen molar-refractivity contribution >= 4 is 11.7 Å². The molecule has 4 fully saturated rings. The van der Waals surface area contributed by atoms with Crippen LogP contribution < -0.4 is 15.8 Å². The van der Waals surface area contributed by atoms with Gasteiger partial charge in [0.1, 0.15) is 11.9 Å². The third-order valence-corrected chi connectivity index (χ3v) is 10.2. The third-order valence-electron chi connectivity index (χ3n) is 10.2. The van der Waals surface area contributed by atoms with Crippen molar-refractivity contribution in [1.82, 2.24) is 20.7 Å². The molecule has 0 bridgehead atoms. The molecule has 1 aromatic rings. The van der Waals surface area contributed by atoms with E-state index in [1.807, 2.05) is 4.90 Å². The van der Waals surface area contributed by atoms with Gasteiger partial charge in [-0.15, -0.1) is 0 Å². The van der Waals surface area contributed by atoms with Crippen molar-refractivity contribution in [2.75, 3.05) is 44.2 Å². The molecule has 1 amide bonds. The molecule has 4 heterocycles. The van der Waals surface area contributed by atoms with Crippen molar-refractivity contribution < 1.29 is 9.90 Å². The number of rotatable bonds is 4. The van der Waals surface area contributed by atoms with Crippen molar-refractivity contribution in [2.45, 2.75) is 71.3 Å². The molecule has 3 aliphatic heterocycles. The van der Waals surface area contributed by atoms with Crippen LogP contribution in [0, 0.1) is 34.0 Å². The number of anilines is 1. The summed E-state index contributed by atoms with van der Waals surface area (Å²) in [5.41, 5.74) is 11.9. The van der Waals surface area contributed by atoms with Crippen LogP contribution in [0.3, 0.4) is 0 Å². The number of hydrogen-bond donors (Lipinski definition) is 3. The number of hydrazine groups is 1. The van der Waals surface area contributed by atoms with Gasteiger partial charge in [0.15, 0.2) is 0 Å². The van der Waals surface area contributed by atoms with Gasteiger partial charge >= 0.3 is 0 Å². The molecule has 6 rings (SSSR count). The second-order valence-electron chi connectivity index (χ2n) is 13.4. The Morgan fingerprint density at radius 2 is 2.08 bits per heavy atom. The van der Waals surface area contributed by atoms with Crippen LogP contribution in [-0.4, -0.2) is 66.3 Å². The Labute approximate surface area is 226 Å². The first-order valence-electron chi connectivity index (χ1n) is 14.5. The lowest BCUT2D eigenvalue weighted by Crippen LogP contribution is -2.59. The maximum Gasteiger partial charge on any atom is 0.246 e. The number of carbonyl (C=O) groups is 1. The third kappa shape index (κ3) is 4.33. The highest BCUT2D eigenvalue weighted by atomic mass is 16.2. The van der Waals surface area contributed by atoms with E-state index in [0.717, 1.165) is 69.8 Å². The molecule has 204 valence electrons. The lowest BCUT2D eigenvalue weighted by atomic mass is 9.64. The number of carbonyl (C=O) groups excluding carboxylic acids is 1. The highest BCUT2D eigenvalue weighted by Gasteiger charge is 2.50. The number of aliphatic hydroxyl groups is 1. The van der Waals surface area contributed by atoms with E-state index < -0.39 is 0 Å². The molecule has 4 unspecified atom stereocenters. The highest BCUT2D eigenvalue weighted by molar-refractivity contribution is 5.88. The summed E-state index contributed by atoms with van der Waals surface area (Å²) in [7, 11) is 0. The molecule has 1 saturated carbocycles. The minimum absolute atomic E-state index is 0.0307. The number of aliphatic hydroxyl groups excluding tert-OH is 1. The van der Waals surface area contributed by atoms with Gasteiger partial charge in [-0.3, -0.25) is 15.6 Å². The van der Waals surface area contributed by atoms with E-state index in [-0.39, 0.29) is 23.3 Å². The van der Waals surface area contributed by atoms with Gasteiger partial charge in [-0.2, -0.15) is 5.26 Å². The first-order valence-corrected chi connectivity index (χ1v) is 14.5. The zero-order chi connectivity index (χ0) is 26.7. The summed E-state index contributed by atoms with van der Waals surface area (Å²) in [5.74, 6) is 2.23. The van der Waals surface area contributed by atoms with Crippen LogP contribution in [0.5, 0.6) is 0 Å². The number of likely N-dealkylation sites (tertiary alicyclic amines) is 1. The first kappa shape index (κ1) is 25.8. The van der Waals surface area contributed by atoms with Crippen LogP contribution in [0.25, 0.3) is 0 Å². The van der Waals surface area contributed by atoms with E-state index in [1.165, 1.54) is 41.8 Å². The van der Waals surface area contributed by atoms with Crippen molar-refractivity contribution in [2.24, 2.45) is 22.7 Å². The summed E-state index contributed by atoms with van der Waals surface area (Å²) in [4.78, 5) is 21.9. The maximum absolute atomic E-state index is 12.4. The fourth-order valence-electron chi connectivity index (χ4n) is 8.13. The van der Waals surface area contributed by atoms with Gasteiger partial charge in [-0.25, -0.2) is 4.98 Å². The Morgan fingerprint density at radius 3 is 2.84 bits per heavy atom. The Balaban J connectivity index is 1.36. The second-order valence-corrected chi connectivity index (χ2v) is 13.4. The Hall–Kier alpha value is -2.47. The van der Waals surface area contributed by atoms with Crippen molar-refractivity contribution in [1.29, 1.82) is 5.26 Å². The van der Waals surface area contributed by atoms with E-state index >= 15 is 0 Å². The zero-order valence-corrected chi connectivity index (χ0v) is 23.1. The van der Waals surface area contributed by atoms with Crippen LogP contribution in [0.1, 0.15) is 74.8 Å². The van der Waals surface area contributed by atoms with E-state index in [2.05, 4.69) is 42.6 Å². The summed E-state index contributed by atoms with van der Waals surface area (Å²) >= 11 is 0. The van der Waals surface area contributed by atoms with Gasteiger partial charge < -0.3 is 14.9 Å². The molecule has 3 N–H and O–H groups in total. The fraction of sp³-hybridized carbons (Fsp3) is 0.700. The van der Waals surface area contributed by atoms with Crippen molar-refractivity contribution in [3.63, 3.8) is 0 Å². The van der Waals surface area contributed by atoms with E-state index in [9.17, 15) is 10.1 Å². The normalized spacial score (nSPS) is 31.2. The lowest BCUT2D eigenvalue weighted by Gasteiger charge is -2.47. The van der Waals surface area contributed by atoms with E-state index in [4.69, 9.17) is 10.1 Å². The standard InChI is InChI=1S/C30H42N6O2/c1-19-6-7-23-22(15-32-34-23)26(19)27-20-8-9-29(2,3)13-24(20)33-28(21(27)14-31)35-11-10-30(16-35)17-36(18-30)25(38)5-4-12-37/h4-5,19,22-23,26,32,34,37H,6-13,15-18H2,1-3H3/b5-4+. The van der Waals surface area contributed by atoms with Gasteiger partial charge in [0.05, 0.1) is 12.2 Å². The quantitative estimate of drug-likeness (QED) is 0.527. The van der Waals surface area contributed by atoms with Crippen LogP contribution in [0.4, 0.5) is 5.82 Å². The van der Waals surface area contributed by atoms with Crippen LogP contribution in [0.2, 0.25) is 0 Å². The summed E-state index contributed by atoms with van der Waals surface area (Å²) in [6.45, 7) is 11.1. The number of pyridine rings is 1. The SMILES string of the molecule is CC1CCC2NNCC2C1c1c(C#N)c(N2CCC3(CN(C(=O)/C=C/CO)C3)C2)nc2c1CCC(C)(C)C2. The monoisotopic (exact) mass is 518 g/mol. The smallest absolute Gasteiger partial charge is 0.246 e. The maximum atomic E-state index is 12.4. The zero-order valence-electron chi connectivity index (χ0n) is 23.1. The van der Waals surface area contributed by atoms with Crippen LogP contribution >= 0.6 is 0 Å². The Morgan fingerprint density at radius 1 is 1.26 bits per heavy atom. The molecule has 3 saturated heterocycles. The summed E-state index contributed by atoms with van der Waals surface area (Å²) in [5, 5.41) is 19.7. The van der Waals surface area contributed by atoms with Crippen LogP contribution in [-0.2, 0) is 17.6 Å². The van der Waals surface area contributed by atoms with Gasteiger partial charge in [-0.05, 0) is 72.8 Å². The predicted octanol–water partition coefficient (Wildman–Crippen LogP) is 2.66. The summed E-state index contributed by atoms with van der Waals surface area (Å²) in [6.07, 6.45) is 9.42. The first-order chi connectivity index (χ1) is 18.2. The van der Waals surface area contributed by atoms with Gasteiger partial charge in [0.2, 0.25) is 5.91 Å². The summed E-state index contributed by atoms with van der Waals surface area (Å²) in [6, 6.07) is 3.14. The second kappa shape index (κ2) is 9.62. The topological polar surface area (TPSA) is 105 Å². The molecular weight excluding hydrogens is 476 g/mol. The number of nitrogens with zero attached hydrogens (tertiary/aromatic N) is 4. The molecule has 38 heavy (non-hydrogen) atoms. The minimum Gasteiger partial charge on any atom is -0.392 e. The lowest BCUT2D eigenvalue weighted by molar-refractivity contribution is -0.136. The predicted molar refractivity (Wildman–Crippen MR) is 146 cm³/mol. The average Bonchev–Trinajstić information content (AvgIpc) is 3.52. The molecule has 0 radical (unpaired) electrons. The Bertz CT molecular complexity index is 1180. The number of hydrogen-bond acceptors (Lipinski definition) is 7. The number of nitrogens with one attached hydrogen (secondary N) is 2. The van der Waals surface area contributed by atoms with E-state index in [0.29, 0.717) is 23.8 Å². The molecule has 8 nitrogen and oxygen atoms in total. The molecule has 1 aromatic heterocycles. The molecule has 8 heteroatoms.